The van der Waals surface area contributed by atoms with Crippen LogP contribution >= 0.6 is 22.9 Å². The predicted molar refractivity (Wildman–Crippen MR) is 107 cm³/mol. The Kier molecular flexibility index (Phi) is 4.98. The number of hydrogen-bond acceptors (Lipinski definition) is 6. The molecule has 0 saturated carbocycles. The van der Waals surface area contributed by atoms with Crippen LogP contribution in [0.2, 0.25) is 5.28 Å². The van der Waals surface area contributed by atoms with Gasteiger partial charge in [0, 0.05) is 23.5 Å². The Morgan fingerprint density at radius 3 is 2.62 bits per heavy atom. The van der Waals surface area contributed by atoms with E-state index in [-0.39, 0.29) is 0 Å². The molecular formula is C19H20ClN3O2S. The molecule has 0 N–H and O–H groups in total. The van der Waals surface area contributed by atoms with E-state index in [1.54, 1.807) is 11.3 Å². The van der Waals surface area contributed by atoms with E-state index >= 15 is 0 Å². The number of fused-ring (bicyclic) bond motifs is 1. The molecule has 0 atom stereocenters. The highest BCUT2D eigenvalue weighted by molar-refractivity contribution is 7.19. The molecule has 2 aromatic heterocycles. The summed E-state index contributed by atoms with van der Waals surface area (Å²) < 4.78 is 11.1. The largest absolute Gasteiger partial charge is 0.494 e. The molecule has 7 heteroatoms. The van der Waals surface area contributed by atoms with Gasteiger partial charge in [-0.1, -0.05) is 12.1 Å². The van der Waals surface area contributed by atoms with Crippen LogP contribution in [0.4, 0.5) is 5.82 Å². The van der Waals surface area contributed by atoms with Crippen molar-refractivity contribution in [3.63, 3.8) is 0 Å². The van der Waals surface area contributed by atoms with Gasteiger partial charge in [-0.2, -0.15) is 4.98 Å². The molecule has 1 aliphatic rings. The minimum absolute atomic E-state index is 0.290. The normalized spacial score (nSPS) is 14.8. The van der Waals surface area contributed by atoms with Crippen LogP contribution in [0, 0.1) is 6.92 Å². The summed E-state index contributed by atoms with van der Waals surface area (Å²) in [5, 5.41) is 1.36. The van der Waals surface area contributed by atoms with E-state index < -0.39 is 0 Å². The maximum absolute atomic E-state index is 6.22. The van der Waals surface area contributed by atoms with E-state index in [4.69, 9.17) is 21.1 Å². The fourth-order valence-electron chi connectivity index (χ4n) is 3.30. The van der Waals surface area contributed by atoms with Crippen LogP contribution in [0.3, 0.4) is 0 Å². The van der Waals surface area contributed by atoms with Gasteiger partial charge in [0.1, 0.15) is 16.4 Å². The maximum atomic E-state index is 6.22. The third-order valence-corrected chi connectivity index (χ3v) is 5.61. The Morgan fingerprint density at radius 1 is 1.19 bits per heavy atom. The summed E-state index contributed by atoms with van der Waals surface area (Å²) in [6, 6.07) is 8.20. The van der Waals surface area contributed by atoms with Crippen molar-refractivity contribution in [1.29, 1.82) is 0 Å². The molecule has 0 spiro atoms. The molecular weight excluding hydrogens is 370 g/mol. The standard InChI is InChI=1S/C19H20ClN3O2S/c1-3-25-14-6-4-13(5-7-14)15-12(2)26-18-16(15)17(21-19(20)22-18)23-8-10-24-11-9-23/h4-7H,3,8-11H2,1-2H3. The fourth-order valence-corrected chi connectivity index (χ4v) is 4.56. The number of halogens is 1. The number of benzene rings is 1. The Bertz CT molecular complexity index is 921. The van der Waals surface area contributed by atoms with E-state index in [0.717, 1.165) is 40.4 Å². The van der Waals surface area contributed by atoms with Crippen molar-refractivity contribution >= 4 is 39.0 Å². The highest BCUT2D eigenvalue weighted by atomic mass is 35.5. The Labute approximate surface area is 161 Å². The molecule has 0 bridgehead atoms. The van der Waals surface area contributed by atoms with Crippen LogP contribution in [0.15, 0.2) is 24.3 Å². The summed E-state index contributed by atoms with van der Waals surface area (Å²) in [4.78, 5) is 13.4. The number of thiophene rings is 1. The van der Waals surface area contributed by atoms with Crippen LogP contribution in [0.25, 0.3) is 21.3 Å². The van der Waals surface area contributed by atoms with Crippen molar-refractivity contribution in [2.45, 2.75) is 13.8 Å². The van der Waals surface area contributed by atoms with E-state index in [1.165, 1.54) is 10.4 Å². The minimum atomic E-state index is 0.290. The second kappa shape index (κ2) is 7.39. The second-order valence-electron chi connectivity index (χ2n) is 6.09. The monoisotopic (exact) mass is 389 g/mol. The number of rotatable bonds is 4. The molecule has 1 aliphatic heterocycles. The third kappa shape index (κ3) is 3.24. The van der Waals surface area contributed by atoms with Gasteiger partial charge in [0.2, 0.25) is 5.28 Å². The zero-order valence-corrected chi connectivity index (χ0v) is 16.4. The molecule has 0 aliphatic carbocycles. The van der Waals surface area contributed by atoms with Gasteiger partial charge < -0.3 is 14.4 Å². The van der Waals surface area contributed by atoms with Crippen molar-refractivity contribution in [2.75, 3.05) is 37.8 Å². The quantitative estimate of drug-likeness (QED) is 0.612. The van der Waals surface area contributed by atoms with Crippen molar-refractivity contribution in [3.8, 4) is 16.9 Å². The van der Waals surface area contributed by atoms with Crippen molar-refractivity contribution in [1.82, 2.24) is 9.97 Å². The highest BCUT2D eigenvalue weighted by Crippen LogP contribution is 2.42. The van der Waals surface area contributed by atoms with Gasteiger partial charge in [0.25, 0.3) is 0 Å². The smallest absolute Gasteiger partial charge is 0.225 e. The van der Waals surface area contributed by atoms with Crippen LogP contribution in [-0.4, -0.2) is 42.9 Å². The molecule has 4 rings (SSSR count). The maximum Gasteiger partial charge on any atom is 0.225 e. The van der Waals surface area contributed by atoms with Crippen molar-refractivity contribution in [3.05, 3.63) is 34.4 Å². The highest BCUT2D eigenvalue weighted by Gasteiger charge is 2.23. The van der Waals surface area contributed by atoms with Gasteiger partial charge in [-0.05, 0) is 43.1 Å². The first kappa shape index (κ1) is 17.5. The van der Waals surface area contributed by atoms with Crippen molar-refractivity contribution < 1.29 is 9.47 Å². The van der Waals surface area contributed by atoms with Gasteiger partial charge in [-0.3, -0.25) is 0 Å². The number of hydrogen-bond donors (Lipinski definition) is 0. The molecule has 1 fully saturated rings. The Morgan fingerprint density at radius 2 is 1.92 bits per heavy atom. The summed E-state index contributed by atoms with van der Waals surface area (Å²) in [6.07, 6.45) is 0. The Balaban J connectivity index is 1.87. The molecule has 3 aromatic rings. The van der Waals surface area contributed by atoms with Gasteiger partial charge >= 0.3 is 0 Å². The summed E-state index contributed by atoms with van der Waals surface area (Å²) >= 11 is 7.87. The van der Waals surface area contributed by atoms with Gasteiger partial charge in [0.05, 0.1) is 25.2 Å². The number of aromatic nitrogens is 2. The number of ether oxygens (including phenoxy) is 2. The average Bonchev–Trinajstić information content (AvgIpc) is 2.98. The second-order valence-corrected chi connectivity index (χ2v) is 7.63. The molecule has 3 heterocycles. The molecule has 1 saturated heterocycles. The summed E-state index contributed by atoms with van der Waals surface area (Å²) in [7, 11) is 0. The number of nitrogens with zero attached hydrogens (tertiary/aromatic N) is 3. The predicted octanol–water partition coefficient (Wildman–Crippen LogP) is 4.56. The van der Waals surface area contributed by atoms with Crippen molar-refractivity contribution in [2.24, 2.45) is 0 Å². The molecule has 5 nitrogen and oxygen atoms in total. The zero-order chi connectivity index (χ0) is 18.1. The topological polar surface area (TPSA) is 47.5 Å². The van der Waals surface area contributed by atoms with E-state index in [9.17, 15) is 0 Å². The molecule has 0 amide bonds. The van der Waals surface area contributed by atoms with E-state index in [2.05, 4.69) is 33.9 Å². The number of morpholine rings is 1. The molecule has 26 heavy (non-hydrogen) atoms. The van der Waals surface area contributed by atoms with Crippen LogP contribution in [-0.2, 0) is 4.74 Å². The van der Waals surface area contributed by atoms with E-state index in [1.807, 2.05) is 19.1 Å². The number of anilines is 1. The SMILES string of the molecule is CCOc1ccc(-c2c(C)sc3nc(Cl)nc(N4CCOCC4)c23)cc1. The fraction of sp³-hybridized carbons (Fsp3) is 0.368. The summed E-state index contributed by atoms with van der Waals surface area (Å²) in [6.45, 7) is 7.78. The lowest BCUT2D eigenvalue weighted by Crippen LogP contribution is -2.37. The molecule has 1 aromatic carbocycles. The first-order valence-corrected chi connectivity index (χ1v) is 9.89. The Hall–Kier alpha value is -1.89. The van der Waals surface area contributed by atoms with Crippen LogP contribution in [0.1, 0.15) is 11.8 Å². The minimum Gasteiger partial charge on any atom is -0.494 e. The lowest BCUT2D eigenvalue weighted by Gasteiger charge is -2.28. The van der Waals surface area contributed by atoms with Crippen LogP contribution < -0.4 is 9.64 Å². The van der Waals surface area contributed by atoms with E-state index in [0.29, 0.717) is 25.1 Å². The lowest BCUT2D eigenvalue weighted by atomic mass is 10.0. The summed E-state index contributed by atoms with van der Waals surface area (Å²) in [5.74, 6) is 1.78. The zero-order valence-electron chi connectivity index (χ0n) is 14.8. The first-order chi connectivity index (χ1) is 12.7. The van der Waals surface area contributed by atoms with Gasteiger partial charge in [-0.15, -0.1) is 11.3 Å². The third-order valence-electron chi connectivity index (χ3n) is 4.45. The van der Waals surface area contributed by atoms with Gasteiger partial charge in [-0.25, -0.2) is 4.98 Å². The molecule has 0 unspecified atom stereocenters. The summed E-state index contributed by atoms with van der Waals surface area (Å²) in [5.41, 5.74) is 2.31. The lowest BCUT2D eigenvalue weighted by molar-refractivity contribution is 0.122. The first-order valence-electron chi connectivity index (χ1n) is 8.70. The number of aryl methyl sites for hydroxylation is 1. The average molecular weight is 390 g/mol. The van der Waals surface area contributed by atoms with Crippen LogP contribution in [0.5, 0.6) is 5.75 Å². The van der Waals surface area contributed by atoms with Gasteiger partial charge in [0.15, 0.2) is 0 Å². The molecule has 0 radical (unpaired) electrons. The molecule has 136 valence electrons.